The SMILES string of the molecule is CC(=O)Nc1ccc(C(=O)NC(=NCc2c(C)nn(C)c2C)Nc2cccc(C)c2)cc1. The first kappa shape index (κ1) is 22.7. The molecule has 1 heterocycles. The van der Waals surface area contributed by atoms with Gasteiger partial charge in [0, 0.05) is 42.2 Å². The van der Waals surface area contributed by atoms with Crippen LogP contribution in [0.1, 0.15) is 39.8 Å². The highest BCUT2D eigenvalue weighted by Gasteiger charge is 2.12. The zero-order chi connectivity index (χ0) is 23.3. The molecule has 3 rings (SSSR count). The molecule has 0 fully saturated rings. The van der Waals surface area contributed by atoms with Crippen molar-refractivity contribution >= 4 is 29.1 Å². The van der Waals surface area contributed by atoms with E-state index < -0.39 is 0 Å². The molecule has 0 atom stereocenters. The Morgan fingerprint density at radius 1 is 1.00 bits per heavy atom. The fourth-order valence-electron chi connectivity index (χ4n) is 3.26. The van der Waals surface area contributed by atoms with Crippen LogP contribution in [0.5, 0.6) is 0 Å². The van der Waals surface area contributed by atoms with Crippen molar-refractivity contribution in [1.82, 2.24) is 15.1 Å². The first-order valence-corrected chi connectivity index (χ1v) is 10.3. The molecule has 8 nitrogen and oxygen atoms in total. The molecule has 1 aromatic heterocycles. The standard InChI is InChI=1S/C24H28N6O2/c1-15-7-6-8-21(13-15)27-24(25-14-22-16(2)29-30(5)17(22)3)28-23(32)19-9-11-20(12-10-19)26-18(4)31/h6-13H,14H2,1-5H3,(H,26,31)(H2,25,27,28,32). The highest BCUT2D eigenvalue weighted by molar-refractivity contribution is 6.10. The minimum absolute atomic E-state index is 0.167. The molecular weight excluding hydrogens is 404 g/mol. The van der Waals surface area contributed by atoms with Gasteiger partial charge in [-0.15, -0.1) is 0 Å². The number of hydrogen-bond donors (Lipinski definition) is 3. The van der Waals surface area contributed by atoms with Crippen molar-refractivity contribution in [2.75, 3.05) is 10.6 Å². The van der Waals surface area contributed by atoms with E-state index in [1.54, 1.807) is 24.3 Å². The lowest BCUT2D eigenvalue weighted by molar-refractivity contribution is -0.114. The Hall–Kier alpha value is -3.94. The molecule has 0 aliphatic rings. The third kappa shape index (κ3) is 5.81. The molecule has 0 aliphatic heterocycles. The van der Waals surface area contributed by atoms with Crippen LogP contribution >= 0.6 is 0 Å². The van der Waals surface area contributed by atoms with Gasteiger partial charge in [-0.05, 0) is 62.7 Å². The maximum Gasteiger partial charge on any atom is 0.257 e. The van der Waals surface area contributed by atoms with E-state index in [2.05, 4.69) is 26.0 Å². The van der Waals surface area contributed by atoms with Crippen molar-refractivity contribution in [2.45, 2.75) is 34.2 Å². The van der Waals surface area contributed by atoms with Gasteiger partial charge in [0.25, 0.3) is 5.91 Å². The lowest BCUT2D eigenvalue weighted by Gasteiger charge is -2.13. The minimum Gasteiger partial charge on any atom is -0.326 e. The summed E-state index contributed by atoms with van der Waals surface area (Å²) in [6.45, 7) is 7.75. The number of carbonyl (C=O) groups is 2. The Morgan fingerprint density at radius 3 is 2.31 bits per heavy atom. The lowest BCUT2D eigenvalue weighted by Crippen LogP contribution is -2.36. The molecule has 0 saturated carbocycles. The number of amides is 2. The van der Waals surface area contributed by atoms with Crippen molar-refractivity contribution in [3.63, 3.8) is 0 Å². The molecule has 3 N–H and O–H groups in total. The van der Waals surface area contributed by atoms with Crippen molar-refractivity contribution in [3.05, 3.63) is 76.6 Å². The van der Waals surface area contributed by atoms with E-state index in [-0.39, 0.29) is 11.8 Å². The minimum atomic E-state index is -0.307. The maximum absolute atomic E-state index is 12.9. The highest BCUT2D eigenvalue weighted by Crippen LogP contribution is 2.15. The Balaban J connectivity index is 1.82. The fraction of sp³-hybridized carbons (Fsp3) is 0.250. The molecule has 166 valence electrons. The van der Waals surface area contributed by atoms with Crippen LogP contribution in [0.3, 0.4) is 0 Å². The third-order valence-corrected chi connectivity index (χ3v) is 5.03. The van der Waals surface area contributed by atoms with Crippen molar-refractivity contribution in [1.29, 1.82) is 0 Å². The van der Waals surface area contributed by atoms with Crippen molar-refractivity contribution < 1.29 is 9.59 Å². The van der Waals surface area contributed by atoms with Gasteiger partial charge in [0.05, 0.1) is 12.2 Å². The van der Waals surface area contributed by atoms with Gasteiger partial charge in [-0.3, -0.25) is 19.6 Å². The van der Waals surface area contributed by atoms with Crippen LogP contribution in [0.15, 0.2) is 53.5 Å². The Morgan fingerprint density at radius 2 is 1.72 bits per heavy atom. The summed E-state index contributed by atoms with van der Waals surface area (Å²) in [4.78, 5) is 28.7. The van der Waals surface area contributed by atoms with Crippen LogP contribution in [0, 0.1) is 20.8 Å². The van der Waals surface area contributed by atoms with Gasteiger partial charge in [-0.25, -0.2) is 4.99 Å². The lowest BCUT2D eigenvalue weighted by atomic mass is 10.2. The Kier molecular flexibility index (Phi) is 7.04. The smallest absolute Gasteiger partial charge is 0.257 e. The zero-order valence-corrected chi connectivity index (χ0v) is 19.0. The summed E-state index contributed by atoms with van der Waals surface area (Å²) in [6, 6.07) is 14.5. The Bertz CT molecular complexity index is 1160. The summed E-state index contributed by atoms with van der Waals surface area (Å²) in [6.07, 6.45) is 0. The number of hydrogen-bond acceptors (Lipinski definition) is 4. The average Bonchev–Trinajstić information content (AvgIpc) is 2.97. The Labute approximate surface area is 187 Å². The molecule has 0 aliphatic carbocycles. The first-order chi connectivity index (χ1) is 15.2. The number of anilines is 2. The second kappa shape index (κ2) is 9.91. The van der Waals surface area contributed by atoms with E-state index in [1.165, 1.54) is 6.92 Å². The fourth-order valence-corrected chi connectivity index (χ4v) is 3.26. The van der Waals surface area contributed by atoms with E-state index in [0.29, 0.717) is 23.8 Å². The van der Waals surface area contributed by atoms with Gasteiger partial charge < -0.3 is 10.6 Å². The summed E-state index contributed by atoms with van der Waals surface area (Å²) >= 11 is 0. The van der Waals surface area contributed by atoms with Crippen molar-refractivity contribution in [3.8, 4) is 0 Å². The largest absolute Gasteiger partial charge is 0.326 e. The monoisotopic (exact) mass is 432 g/mol. The molecule has 0 spiro atoms. The van der Waals surface area contributed by atoms with E-state index in [0.717, 1.165) is 28.2 Å². The summed E-state index contributed by atoms with van der Waals surface area (Å²) < 4.78 is 1.82. The highest BCUT2D eigenvalue weighted by atomic mass is 16.2. The molecule has 2 amide bonds. The second-order valence-corrected chi connectivity index (χ2v) is 7.64. The van der Waals surface area contributed by atoms with Gasteiger partial charge in [-0.2, -0.15) is 5.10 Å². The van der Waals surface area contributed by atoms with Crippen LogP contribution in [0.2, 0.25) is 0 Å². The van der Waals surface area contributed by atoms with E-state index in [9.17, 15) is 9.59 Å². The molecule has 2 aromatic carbocycles. The molecular formula is C24H28N6O2. The summed E-state index contributed by atoms with van der Waals surface area (Å²) in [5, 5.41) is 13.2. The predicted octanol–water partition coefficient (Wildman–Crippen LogP) is 3.70. The molecule has 8 heteroatoms. The number of nitrogens with one attached hydrogen (secondary N) is 3. The number of carbonyl (C=O) groups excluding carboxylic acids is 2. The number of rotatable bonds is 5. The molecule has 0 radical (unpaired) electrons. The van der Waals surface area contributed by atoms with E-state index >= 15 is 0 Å². The van der Waals surface area contributed by atoms with Crippen molar-refractivity contribution in [2.24, 2.45) is 12.0 Å². The molecule has 32 heavy (non-hydrogen) atoms. The quantitative estimate of drug-likeness (QED) is 0.423. The van der Waals surface area contributed by atoms with Crippen LogP contribution in [-0.2, 0) is 18.4 Å². The number of aryl methyl sites for hydroxylation is 3. The van der Waals surface area contributed by atoms with E-state index in [1.807, 2.05) is 56.8 Å². The average molecular weight is 433 g/mol. The van der Waals surface area contributed by atoms with Gasteiger partial charge in [0.2, 0.25) is 11.9 Å². The molecule has 0 saturated heterocycles. The molecule has 3 aromatic rings. The van der Waals surface area contributed by atoms with Crippen LogP contribution in [0.4, 0.5) is 11.4 Å². The maximum atomic E-state index is 12.9. The number of aromatic nitrogens is 2. The predicted molar refractivity (Wildman–Crippen MR) is 127 cm³/mol. The normalized spacial score (nSPS) is 11.2. The van der Waals surface area contributed by atoms with Gasteiger partial charge in [0.1, 0.15) is 0 Å². The van der Waals surface area contributed by atoms with Crippen LogP contribution < -0.4 is 16.0 Å². The number of guanidine groups is 1. The topological polar surface area (TPSA) is 100 Å². The van der Waals surface area contributed by atoms with Gasteiger partial charge in [0.15, 0.2) is 0 Å². The first-order valence-electron chi connectivity index (χ1n) is 10.3. The molecule has 0 unspecified atom stereocenters. The van der Waals surface area contributed by atoms with Gasteiger partial charge in [-0.1, -0.05) is 12.1 Å². The van der Waals surface area contributed by atoms with Gasteiger partial charge >= 0.3 is 0 Å². The number of benzene rings is 2. The summed E-state index contributed by atoms with van der Waals surface area (Å²) in [7, 11) is 1.90. The third-order valence-electron chi connectivity index (χ3n) is 5.03. The second-order valence-electron chi connectivity index (χ2n) is 7.64. The zero-order valence-electron chi connectivity index (χ0n) is 19.0. The van der Waals surface area contributed by atoms with Crippen LogP contribution in [0.25, 0.3) is 0 Å². The summed E-state index contributed by atoms with van der Waals surface area (Å²) in [5.74, 6) is -0.132. The number of nitrogens with zero attached hydrogens (tertiary/aromatic N) is 3. The number of aliphatic imine (C=N–C) groups is 1. The molecule has 0 bridgehead atoms. The summed E-state index contributed by atoms with van der Waals surface area (Å²) in [5.41, 5.74) is 5.95. The van der Waals surface area contributed by atoms with E-state index in [4.69, 9.17) is 0 Å². The van der Waals surface area contributed by atoms with Crippen LogP contribution in [-0.4, -0.2) is 27.6 Å².